The van der Waals surface area contributed by atoms with Gasteiger partial charge in [-0.25, -0.2) is 0 Å². The number of amides is 1. The summed E-state index contributed by atoms with van der Waals surface area (Å²) < 4.78 is 0. The van der Waals surface area contributed by atoms with Crippen molar-refractivity contribution in [3.8, 4) is 0 Å². The molecule has 0 aromatic heterocycles. The predicted octanol–water partition coefficient (Wildman–Crippen LogP) is 3.38. The second-order valence-electron chi connectivity index (χ2n) is 6.17. The topological polar surface area (TPSA) is 66.4 Å². The van der Waals surface area contributed by atoms with Crippen LogP contribution >= 0.6 is 11.8 Å². The van der Waals surface area contributed by atoms with Crippen LogP contribution in [0.2, 0.25) is 0 Å². The third-order valence-electron chi connectivity index (χ3n) is 4.63. The summed E-state index contributed by atoms with van der Waals surface area (Å²) in [5.41, 5.74) is 1.97. The SMILES string of the molecule is O=C(O)CCSCc1cccc(NC(=O)C2C3CCCC32)c1. The Bertz CT molecular complexity index is 565. The average Bonchev–Trinajstić information content (AvgIpc) is 2.98. The maximum Gasteiger partial charge on any atom is 0.304 e. The zero-order chi connectivity index (χ0) is 15.5. The molecule has 0 aliphatic heterocycles. The number of carbonyl (C=O) groups excluding carboxylic acids is 1. The molecule has 2 aliphatic rings. The number of anilines is 1. The van der Waals surface area contributed by atoms with E-state index in [2.05, 4.69) is 5.32 Å². The minimum atomic E-state index is -0.761. The van der Waals surface area contributed by atoms with E-state index in [-0.39, 0.29) is 18.2 Å². The molecule has 4 nitrogen and oxygen atoms in total. The molecule has 2 N–H and O–H groups in total. The third-order valence-corrected chi connectivity index (χ3v) is 5.66. The molecule has 2 unspecified atom stereocenters. The average molecular weight is 319 g/mol. The van der Waals surface area contributed by atoms with Crippen molar-refractivity contribution in [3.05, 3.63) is 29.8 Å². The molecule has 2 fully saturated rings. The van der Waals surface area contributed by atoms with Crippen molar-refractivity contribution in [3.63, 3.8) is 0 Å². The van der Waals surface area contributed by atoms with Crippen molar-refractivity contribution in [1.82, 2.24) is 0 Å². The van der Waals surface area contributed by atoms with Crippen LogP contribution in [-0.2, 0) is 15.3 Å². The number of nitrogens with one attached hydrogen (secondary N) is 1. The monoisotopic (exact) mass is 319 g/mol. The minimum absolute atomic E-state index is 0.172. The van der Waals surface area contributed by atoms with Gasteiger partial charge in [-0.2, -0.15) is 11.8 Å². The molecule has 2 saturated carbocycles. The first kappa shape index (κ1) is 15.4. The van der Waals surface area contributed by atoms with Crippen molar-refractivity contribution in [2.45, 2.75) is 31.4 Å². The second kappa shape index (κ2) is 6.73. The normalized spacial score (nSPS) is 25.5. The summed E-state index contributed by atoms with van der Waals surface area (Å²) in [5, 5.41) is 11.7. The molecule has 2 aliphatic carbocycles. The van der Waals surface area contributed by atoms with Gasteiger partial charge in [-0.3, -0.25) is 9.59 Å². The lowest BCUT2D eigenvalue weighted by Crippen LogP contribution is -2.16. The van der Waals surface area contributed by atoms with Crippen LogP contribution in [0, 0.1) is 17.8 Å². The largest absolute Gasteiger partial charge is 0.481 e. The number of aliphatic carboxylic acids is 1. The van der Waals surface area contributed by atoms with E-state index < -0.39 is 5.97 Å². The molecule has 0 spiro atoms. The highest BCUT2D eigenvalue weighted by atomic mass is 32.2. The highest BCUT2D eigenvalue weighted by Crippen LogP contribution is 2.57. The number of thioether (sulfide) groups is 1. The van der Waals surface area contributed by atoms with Crippen LogP contribution in [0.3, 0.4) is 0 Å². The molecular weight excluding hydrogens is 298 g/mol. The number of fused-ring (bicyclic) bond motifs is 1. The van der Waals surface area contributed by atoms with Crippen LogP contribution in [0.15, 0.2) is 24.3 Å². The standard InChI is InChI=1S/C17H21NO3S/c19-15(20)7-8-22-10-11-3-1-4-12(9-11)18-17(21)16-13-5-2-6-14(13)16/h1,3-4,9,13-14,16H,2,5-8,10H2,(H,18,21)(H,19,20). The lowest BCUT2D eigenvalue weighted by Gasteiger charge is -2.08. The summed E-state index contributed by atoms with van der Waals surface area (Å²) >= 11 is 1.60. The van der Waals surface area contributed by atoms with Gasteiger partial charge in [0.2, 0.25) is 5.91 Å². The van der Waals surface area contributed by atoms with Gasteiger partial charge in [-0.15, -0.1) is 0 Å². The molecule has 0 bridgehead atoms. The molecule has 1 aromatic rings. The zero-order valence-corrected chi connectivity index (χ0v) is 13.3. The Balaban J connectivity index is 1.48. The number of carbonyl (C=O) groups is 2. The van der Waals surface area contributed by atoms with E-state index >= 15 is 0 Å². The van der Waals surface area contributed by atoms with Crippen molar-refractivity contribution < 1.29 is 14.7 Å². The van der Waals surface area contributed by atoms with Crippen molar-refractivity contribution >= 4 is 29.3 Å². The molecule has 1 amide bonds. The Morgan fingerprint density at radius 3 is 2.77 bits per heavy atom. The molecule has 2 atom stereocenters. The number of hydrogen-bond acceptors (Lipinski definition) is 3. The van der Waals surface area contributed by atoms with Gasteiger partial charge in [0, 0.05) is 23.1 Å². The highest BCUT2D eigenvalue weighted by molar-refractivity contribution is 7.98. The molecular formula is C17H21NO3S. The van der Waals surface area contributed by atoms with Gasteiger partial charge in [-0.1, -0.05) is 18.6 Å². The lowest BCUT2D eigenvalue weighted by molar-refractivity contribution is -0.136. The fraction of sp³-hybridized carbons (Fsp3) is 0.529. The van der Waals surface area contributed by atoms with Gasteiger partial charge in [0.25, 0.3) is 0 Å². The first-order chi connectivity index (χ1) is 10.6. The maximum atomic E-state index is 12.3. The zero-order valence-electron chi connectivity index (χ0n) is 12.5. The Kier molecular flexibility index (Phi) is 4.71. The van der Waals surface area contributed by atoms with Gasteiger partial charge < -0.3 is 10.4 Å². The van der Waals surface area contributed by atoms with E-state index in [0.717, 1.165) is 17.0 Å². The van der Waals surface area contributed by atoms with Gasteiger partial charge in [0.1, 0.15) is 0 Å². The Labute approximate surface area is 134 Å². The van der Waals surface area contributed by atoms with Crippen LogP contribution in [-0.4, -0.2) is 22.7 Å². The predicted molar refractivity (Wildman–Crippen MR) is 87.8 cm³/mol. The Morgan fingerprint density at radius 1 is 1.27 bits per heavy atom. The highest BCUT2D eigenvalue weighted by Gasteiger charge is 2.56. The van der Waals surface area contributed by atoms with Gasteiger partial charge in [0.15, 0.2) is 0 Å². The number of benzene rings is 1. The van der Waals surface area contributed by atoms with Crippen LogP contribution in [0.4, 0.5) is 5.69 Å². The summed E-state index contributed by atoms with van der Waals surface area (Å²) in [6, 6.07) is 7.86. The molecule has 0 heterocycles. The van der Waals surface area contributed by atoms with Crippen molar-refractivity contribution in [2.75, 3.05) is 11.1 Å². The fourth-order valence-electron chi connectivity index (χ4n) is 3.52. The number of rotatable bonds is 7. The fourth-order valence-corrected chi connectivity index (χ4v) is 4.40. The van der Waals surface area contributed by atoms with Gasteiger partial charge in [-0.05, 0) is 42.4 Å². The van der Waals surface area contributed by atoms with Gasteiger partial charge in [0.05, 0.1) is 6.42 Å². The molecule has 118 valence electrons. The summed E-state index contributed by atoms with van der Waals surface area (Å²) in [5.74, 6) is 2.30. The van der Waals surface area contributed by atoms with E-state index in [0.29, 0.717) is 17.6 Å². The summed E-state index contributed by atoms with van der Waals surface area (Å²) in [4.78, 5) is 22.7. The molecule has 5 heteroatoms. The van der Waals surface area contributed by atoms with E-state index in [1.807, 2.05) is 24.3 Å². The first-order valence-electron chi connectivity index (χ1n) is 7.84. The van der Waals surface area contributed by atoms with Crippen LogP contribution < -0.4 is 5.32 Å². The van der Waals surface area contributed by atoms with Gasteiger partial charge >= 0.3 is 5.97 Å². The lowest BCUT2D eigenvalue weighted by atomic mass is 10.1. The number of carboxylic acid groups (broad SMARTS) is 1. The Hall–Kier alpha value is -1.49. The summed E-state index contributed by atoms with van der Waals surface area (Å²) in [7, 11) is 0. The van der Waals surface area contributed by atoms with Crippen LogP contribution in [0.5, 0.6) is 0 Å². The third kappa shape index (κ3) is 3.64. The van der Waals surface area contributed by atoms with Crippen LogP contribution in [0.25, 0.3) is 0 Å². The van der Waals surface area contributed by atoms with Crippen molar-refractivity contribution in [1.29, 1.82) is 0 Å². The first-order valence-corrected chi connectivity index (χ1v) is 9.00. The second-order valence-corrected chi connectivity index (χ2v) is 7.28. The molecule has 1 aromatic carbocycles. The summed E-state index contributed by atoms with van der Waals surface area (Å²) in [6.45, 7) is 0. The van der Waals surface area contributed by atoms with E-state index in [9.17, 15) is 9.59 Å². The van der Waals surface area contributed by atoms with E-state index in [4.69, 9.17) is 5.11 Å². The summed E-state index contributed by atoms with van der Waals surface area (Å²) in [6.07, 6.45) is 3.89. The minimum Gasteiger partial charge on any atom is -0.481 e. The smallest absolute Gasteiger partial charge is 0.304 e. The molecule has 0 radical (unpaired) electrons. The Morgan fingerprint density at radius 2 is 2.05 bits per heavy atom. The molecule has 22 heavy (non-hydrogen) atoms. The number of hydrogen-bond donors (Lipinski definition) is 2. The molecule has 0 saturated heterocycles. The van der Waals surface area contributed by atoms with Crippen molar-refractivity contribution in [2.24, 2.45) is 17.8 Å². The quantitative estimate of drug-likeness (QED) is 0.756. The number of carboxylic acids is 1. The molecule has 3 rings (SSSR count). The van der Waals surface area contributed by atoms with E-state index in [1.54, 1.807) is 11.8 Å². The van der Waals surface area contributed by atoms with Crippen LogP contribution in [0.1, 0.15) is 31.2 Å². The maximum absolute atomic E-state index is 12.3. The van der Waals surface area contributed by atoms with E-state index in [1.165, 1.54) is 19.3 Å².